The lowest BCUT2D eigenvalue weighted by atomic mass is 10.1. The minimum absolute atomic E-state index is 0.0194. The molecule has 2 aromatic heterocycles. The zero-order valence-electron chi connectivity index (χ0n) is 14.8. The molecule has 0 radical (unpaired) electrons. The van der Waals surface area contributed by atoms with Gasteiger partial charge in [0.15, 0.2) is 0 Å². The lowest BCUT2D eigenvalue weighted by Gasteiger charge is -2.13. The van der Waals surface area contributed by atoms with Gasteiger partial charge in [-0.2, -0.15) is 0 Å². The summed E-state index contributed by atoms with van der Waals surface area (Å²) < 4.78 is 2.07. The highest BCUT2D eigenvalue weighted by Crippen LogP contribution is 2.21. The average Bonchev–Trinajstić information content (AvgIpc) is 2.98. The molecule has 1 amide bonds. The Hall–Kier alpha value is -2.69. The van der Waals surface area contributed by atoms with E-state index in [0.29, 0.717) is 5.95 Å². The van der Waals surface area contributed by atoms with Gasteiger partial charge in [-0.3, -0.25) is 15.1 Å². The molecule has 1 unspecified atom stereocenters. The Labute approximate surface area is 148 Å². The van der Waals surface area contributed by atoms with E-state index in [-0.39, 0.29) is 11.8 Å². The summed E-state index contributed by atoms with van der Waals surface area (Å²) in [5.41, 5.74) is 2.94. The number of hydrogen-bond donors (Lipinski definition) is 1. The van der Waals surface area contributed by atoms with E-state index in [9.17, 15) is 4.79 Å². The molecule has 0 saturated carbocycles. The molecule has 0 aliphatic rings. The van der Waals surface area contributed by atoms with Crippen molar-refractivity contribution in [3.05, 3.63) is 54.4 Å². The van der Waals surface area contributed by atoms with Gasteiger partial charge in [0.2, 0.25) is 11.9 Å². The van der Waals surface area contributed by atoms with E-state index in [2.05, 4.69) is 26.8 Å². The normalized spacial score (nSPS) is 12.2. The number of nitrogens with zero attached hydrogens (tertiary/aromatic N) is 3. The highest BCUT2D eigenvalue weighted by Gasteiger charge is 2.17. The summed E-state index contributed by atoms with van der Waals surface area (Å²) in [7, 11) is 0. The second-order valence-corrected chi connectivity index (χ2v) is 6.33. The number of benzene rings is 1. The van der Waals surface area contributed by atoms with Crippen molar-refractivity contribution in [1.82, 2.24) is 14.5 Å². The molecule has 1 N–H and O–H groups in total. The lowest BCUT2D eigenvalue weighted by Crippen LogP contribution is -2.22. The summed E-state index contributed by atoms with van der Waals surface area (Å²) in [6, 6.07) is 13.9. The van der Waals surface area contributed by atoms with Gasteiger partial charge in [0.25, 0.3) is 0 Å². The SMILES string of the molecule is CCCC(C)C(=O)Nc1nc2ccccc2n1CCc1ccccn1. The predicted octanol–water partition coefficient (Wildman–Crippen LogP) is 4.05. The van der Waals surface area contributed by atoms with Crippen LogP contribution >= 0.6 is 0 Å². The molecule has 1 aromatic carbocycles. The molecule has 3 aromatic rings. The van der Waals surface area contributed by atoms with Crippen LogP contribution < -0.4 is 5.32 Å². The Bertz CT molecular complexity index is 841. The number of anilines is 1. The first kappa shape index (κ1) is 17.1. The van der Waals surface area contributed by atoms with E-state index in [0.717, 1.165) is 42.5 Å². The van der Waals surface area contributed by atoms with Crippen molar-refractivity contribution >= 4 is 22.9 Å². The van der Waals surface area contributed by atoms with Crippen LogP contribution in [-0.2, 0) is 17.8 Å². The maximum atomic E-state index is 12.4. The van der Waals surface area contributed by atoms with Crippen molar-refractivity contribution in [2.24, 2.45) is 5.92 Å². The number of hydrogen-bond acceptors (Lipinski definition) is 3. The third-order valence-corrected chi connectivity index (χ3v) is 4.38. The molecular weight excluding hydrogens is 312 g/mol. The van der Waals surface area contributed by atoms with E-state index < -0.39 is 0 Å². The number of carbonyl (C=O) groups excluding carboxylic acids is 1. The molecule has 0 bridgehead atoms. The molecule has 1 atom stereocenters. The number of pyridine rings is 1. The van der Waals surface area contributed by atoms with Gasteiger partial charge in [0, 0.05) is 30.8 Å². The number of nitrogens with one attached hydrogen (secondary N) is 1. The molecular formula is C20H24N4O. The molecule has 0 aliphatic carbocycles. The third kappa shape index (κ3) is 4.05. The second kappa shape index (κ2) is 7.92. The highest BCUT2D eigenvalue weighted by atomic mass is 16.2. The summed E-state index contributed by atoms with van der Waals surface area (Å²) in [5, 5.41) is 3.01. The van der Waals surface area contributed by atoms with Crippen molar-refractivity contribution in [3.8, 4) is 0 Å². The van der Waals surface area contributed by atoms with Gasteiger partial charge in [-0.25, -0.2) is 4.98 Å². The fourth-order valence-electron chi connectivity index (χ4n) is 2.97. The molecule has 25 heavy (non-hydrogen) atoms. The van der Waals surface area contributed by atoms with Crippen LogP contribution in [0.3, 0.4) is 0 Å². The monoisotopic (exact) mass is 336 g/mol. The average molecular weight is 336 g/mol. The molecule has 0 fully saturated rings. The van der Waals surface area contributed by atoms with Gasteiger partial charge in [0.1, 0.15) is 0 Å². The summed E-state index contributed by atoms with van der Waals surface area (Å²) >= 11 is 0. The Morgan fingerprint density at radius 2 is 2.00 bits per heavy atom. The number of para-hydroxylation sites is 2. The minimum Gasteiger partial charge on any atom is -0.310 e. The number of amides is 1. The van der Waals surface area contributed by atoms with Crippen molar-refractivity contribution in [2.45, 2.75) is 39.7 Å². The predicted molar refractivity (Wildman–Crippen MR) is 100 cm³/mol. The maximum absolute atomic E-state index is 12.4. The first-order valence-corrected chi connectivity index (χ1v) is 8.85. The third-order valence-electron chi connectivity index (χ3n) is 4.38. The Kier molecular flexibility index (Phi) is 5.43. The molecule has 0 saturated heterocycles. The van der Waals surface area contributed by atoms with Gasteiger partial charge in [-0.1, -0.05) is 38.5 Å². The zero-order chi connectivity index (χ0) is 17.6. The second-order valence-electron chi connectivity index (χ2n) is 6.33. The Balaban J connectivity index is 1.85. The molecule has 130 valence electrons. The van der Waals surface area contributed by atoms with Crippen LogP contribution in [0.25, 0.3) is 11.0 Å². The van der Waals surface area contributed by atoms with E-state index in [4.69, 9.17) is 0 Å². The van der Waals surface area contributed by atoms with Gasteiger partial charge >= 0.3 is 0 Å². The Morgan fingerprint density at radius 3 is 2.76 bits per heavy atom. The molecule has 5 nitrogen and oxygen atoms in total. The van der Waals surface area contributed by atoms with E-state index in [1.165, 1.54) is 0 Å². The molecule has 2 heterocycles. The highest BCUT2D eigenvalue weighted by molar-refractivity contribution is 5.92. The fourth-order valence-corrected chi connectivity index (χ4v) is 2.97. The molecule has 0 spiro atoms. The number of carbonyl (C=O) groups is 1. The van der Waals surface area contributed by atoms with Crippen LogP contribution in [0.2, 0.25) is 0 Å². The Morgan fingerprint density at radius 1 is 1.20 bits per heavy atom. The van der Waals surface area contributed by atoms with E-state index in [1.807, 2.05) is 49.4 Å². The number of aryl methyl sites for hydroxylation is 2. The van der Waals surface area contributed by atoms with Crippen molar-refractivity contribution in [1.29, 1.82) is 0 Å². The number of rotatable bonds is 7. The summed E-state index contributed by atoms with van der Waals surface area (Å²) in [5.74, 6) is 0.621. The number of imidazole rings is 1. The molecule has 0 aliphatic heterocycles. The summed E-state index contributed by atoms with van der Waals surface area (Å²) in [6.45, 7) is 4.76. The van der Waals surface area contributed by atoms with Crippen molar-refractivity contribution in [2.75, 3.05) is 5.32 Å². The quantitative estimate of drug-likeness (QED) is 0.708. The van der Waals surface area contributed by atoms with Crippen LogP contribution in [-0.4, -0.2) is 20.4 Å². The summed E-state index contributed by atoms with van der Waals surface area (Å²) in [4.78, 5) is 21.4. The van der Waals surface area contributed by atoms with Crippen LogP contribution in [0.1, 0.15) is 32.4 Å². The van der Waals surface area contributed by atoms with Crippen molar-refractivity contribution in [3.63, 3.8) is 0 Å². The molecule has 3 rings (SSSR count). The standard InChI is InChI=1S/C20H24N4O/c1-3-8-15(2)19(25)23-20-22-17-10-4-5-11-18(17)24(20)14-12-16-9-6-7-13-21-16/h4-7,9-11,13,15H,3,8,12,14H2,1-2H3,(H,22,23,25). The topological polar surface area (TPSA) is 59.8 Å². The van der Waals surface area contributed by atoms with Crippen LogP contribution in [0, 0.1) is 5.92 Å². The lowest BCUT2D eigenvalue weighted by molar-refractivity contribution is -0.119. The van der Waals surface area contributed by atoms with Gasteiger partial charge in [-0.15, -0.1) is 0 Å². The van der Waals surface area contributed by atoms with Crippen LogP contribution in [0.5, 0.6) is 0 Å². The first-order chi connectivity index (χ1) is 12.2. The van der Waals surface area contributed by atoms with E-state index >= 15 is 0 Å². The fraction of sp³-hybridized carbons (Fsp3) is 0.350. The summed E-state index contributed by atoms with van der Waals surface area (Å²) in [6.07, 6.45) is 4.45. The number of fused-ring (bicyclic) bond motifs is 1. The minimum atomic E-state index is -0.0194. The van der Waals surface area contributed by atoms with Crippen molar-refractivity contribution < 1.29 is 4.79 Å². The zero-order valence-corrected chi connectivity index (χ0v) is 14.8. The van der Waals surface area contributed by atoms with Gasteiger partial charge in [-0.05, 0) is 30.7 Å². The first-order valence-electron chi connectivity index (χ1n) is 8.85. The van der Waals surface area contributed by atoms with Crippen LogP contribution in [0.4, 0.5) is 5.95 Å². The van der Waals surface area contributed by atoms with Gasteiger partial charge in [0.05, 0.1) is 11.0 Å². The van der Waals surface area contributed by atoms with E-state index in [1.54, 1.807) is 6.20 Å². The largest absolute Gasteiger partial charge is 0.310 e. The van der Waals surface area contributed by atoms with Gasteiger partial charge < -0.3 is 4.57 Å². The maximum Gasteiger partial charge on any atom is 0.229 e. The smallest absolute Gasteiger partial charge is 0.229 e. The van der Waals surface area contributed by atoms with Crippen LogP contribution in [0.15, 0.2) is 48.7 Å². The number of aromatic nitrogens is 3. The molecule has 5 heteroatoms.